The van der Waals surface area contributed by atoms with E-state index >= 15 is 0 Å². The van der Waals surface area contributed by atoms with Crippen LogP contribution in [0.5, 0.6) is 11.5 Å². The highest BCUT2D eigenvalue weighted by molar-refractivity contribution is 8.18. The van der Waals surface area contributed by atoms with Crippen molar-refractivity contribution in [2.75, 3.05) is 13.7 Å². The number of aliphatic carboxylic acids is 1. The second kappa shape index (κ2) is 9.02. The van der Waals surface area contributed by atoms with Gasteiger partial charge in [-0.3, -0.25) is 4.79 Å². The quantitative estimate of drug-likeness (QED) is 0.669. The van der Waals surface area contributed by atoms with E-state index in [1.165, 1.54) is 18.9 Å². The van der Waals surface area contributed by atoms with Gasteiger partial charge in [-0.05, 0) is 60.2 Å². The number of amidine groups is 1. The van der Waals surface area contributed by atoms with Crippen LogP contribution in [-0.4, -0.2) is 35.9 Å². The predicted octanol–water partition coefficient (Wildman–Crippen LogP) is 4.01. The molecule has 29 heavy (non-hydrogen) atoms. The number of benzene rings is 2. The number of nitrogens with one attached hydrogen (secondary N) is 1. The van der Waals surface area contributed by atoms with Gasteiger partial charge in [0.25, 0.3) is 5.91 Å². The Bertz CT molecular complexity index is 1040. The third-order valence-corrected chi connectivity index (χ3v) is 5.19. The maximum Gasteiger partial charge on any atom is 0.341 e. The number of halogens is 1. The number of aliphatic imine (C=N–C) groups is 1. The summed E-state index contributed by atoms with van der Waals surface area (Å²) in [5.41, 5.74) is 2.29. The van der Waals surface area contributed by atoms with Crippen LogP contribution in [0.25, 0.3) is 6.08 Å². The SMILES string of the molecule is COc1cc(C=C2SC(=Nc3ccc(C)c(Cl)c3)NC2=O)ccc1OCC(=O)O. The van der Waals surface area contributed by atoms with Crippen molar-refractivity contribution in [3.63, 3.8) is 0 Å². The van der Waals surface area contributed by atoms with Gasteiger partial charge in [0, 0.05) is 5.02 Å². The van der Waals surface area contributed by atoms with Gasteiger partial charge in [-0.2, -0.15) is 0 Å². The Morgan fingerprint density at radius 3 is 2.76 bits per heavy atom. The number of ether oxygens (including phenoxy) is 2. The minimum atomic E-state index is -1.08. The number of amides is 1. The first-order valence-corrected chi connectivity index (χ1v) is 9.63. The number of aryl methyl sites for hydroxylation is 1. The fourth-order valence-corrected chi connectivity index (χ4v) is 3.45. The number of carbonyl (C=O) groups excluding carboxylic acids is 1. The lowest BCUT2D eigenvalue weighted by Crippen LogP contribution is -2.19. The Hall–Kier alpha value is -2.97. The highest BCUT2D eigenvalue weighted by Crippen LogP contribution is 2.32. The van der Waals surface area contributed by atoms with Gasteiger partial charge in [0.2, 0.25) is 0 Å². The molecule has 150 valence electrons. The average Bonchev–Trinajstić information content (AvgIpc) is 3.02. The summed E-state index contributed by atoms with van der Waals surface area (Å²) in [6.07, 6.45) is 1.69. The number of methoxy groups -OCH3 is 1. The number of thioether (sulfide) groups is 1. The molecule has 2 aromatic rings. The number of hydrogen-bond donors (Lipinski definition) is 2. The number of carbonyl (C=O) groups is 2. The summed E-state index contributed by atoms with van der Waals surface area (Å²) in [5, 5.41) is 12.5. The van der Waals surface area contributed by atoms with E-state index < -0.39 is 12.6 Å². The maximum absolute atomic E-state index is 12.3. The van der Waals surface area contributed by atoms with E-state index in [0.29, 0.717) is 37.8 Å². The Labute approximate surface area is 176 Å². The molecule has 1 heterocycles. The van der Waals surface area contributed by atoms with Crippen LogP contribution in [0.15, 0.2) is 46.3 Å². The van der Waals surface area contributed by atoms with E-state index in [2.05, 4.69) is 10.3 Å². The number of rotatable bonds is 6. The highest BCUT2D eigenvalue weighted by Gasteiger charge is 2.24. The third-order valence-electron chi connectivity index (χ3n) is 3.87. The van der Waals surface area contributed by atoms with Crippen LogP contribution in [0, 0.1) is 6.92 Å². The number of hydrogen-bond acceptors (Lipinski definition) is 6. The minimum Gasteiger partial charge on any atom is -0.493 e. The molecule has 0 aromatic heterocycles. The normalized spacial score (nSPS) is 16.2. The van der Waals surface area contributed by atoms with E-state index in [0.717, 1.165) is 5.56 Å². The molecule has 1 amide bonds. The molecule has 0 spiro atoms. The van der Waals surface area contributed by atoms with Crippen molar-refractivity contribution >= 4 is 52.2 Å². The Morgan fingerprint density at radius 1 is 1.28 bits per heavy atom. The van der Waals surface area contributed by atoms with Crippen molar-refractivity contribution < 1.29 is 24.2 Å². The Balaban J connectivity index is 1.79. The largest absolute Gasteiger partial charge is 0.493 e. The summed E-state index contributed by atoms with van der Waals surface area (Å²) < 4.78 is 10.4. The van der Waals surface area contributed by atoms with Crippen molar-refractivity contribution in [3.8, 4) is 11.5 Å². The van der Waals surface area contributed by atoms with Gasteiger partial charge < -0.3 is 19.9 Å². The lowest BCUT2D eigenvalue weighted by atomic mass is 10.2. The molecule has 7 nitrogen and oxygen atoms in total. The van der Waals surface area contributed by atoms with E-state index in [1.807, 2.05) is 19.1 Å². The summed E-state index contributed by atoms with van der Waals surface area (Å²) in [6.45, 7) is 1.43. The highest BCUT2D eigenvalue weighted by atomic mass is 35.5. The Kier molecular flexibility index (Phi) is 6.46. The molecular weight excluding hydrogens is 416 g/mol. The predicted molar refractivity (Wildman–Crippen MR) is 113 cm³/mol. The molecule has 0 unspecified atom stereocenters. The second-order valence-corrected chi connectivity index (χ2v) is 7.45. The molecule has 1 aliphatic rings. The Morgan fingerprint density at radius 2 is 2.07 bits per heavy atom. The van der Waals surface area contributed by atoms with Gasteiger partial charge >= 0.3 is 5.97 Å². The lowest BCUT2D eigenvalue weighted by Gasteiger charge is -2.09. The molecule has 1 aliphatic heterocycles. The molecule has 2 aromatic carbocycles. The van der Waals surface area contributed by atoms with Crippen molar-refractivity contribution in [1.29, 1.82) is 0 Å². The van der Waals surface area contributed by atoms with Crippen molar-refractivity contribution in [2.24, 2.45) is 4.99 Å². The zero-order valence-electron chi connectivity index (χ0n) is 15.6. The summed E-state index contributed by atoms with van der Waals surface area (Å²) >= 11 is 7.32. The van der Waals surface area contributed by atoms with Gasteiger partial charge in [-0.25, -0.2) is 9.79 Å². The average molecular weight is 433 g/mol. The van der Waals surface area contributed by atoms with Crippen LogP contribution in [0.2, 0.25) is 5.02 Å². The first-order chi connectivity index (χ1) is 13.9. The fraction of sp³-hybridized carbons (Fsp3) is 0.150. The monoisotopic (exact) mass is 432 g/mol. The van der Waals surface area contributed by atoms with Crippen molar-refractivity contribution in [2.45, 2.75) is 6.92 Å². The third kappa shape index (κ3) is 5.30. The van der Waals surface area contributed by atoms with Gasteiger partial charge in [-0.15, -0.1) is 0 Å². The molecule has 1 saturated heterocycles. The van der Waals surface area contributed by atoms with Crippen LogP contribution in [0.3, 0.4) is 0 Å². The first kappa shape index (κ1) is 20.8. The standard InChI is InChI=1S/C20H17ClN2O5S/c1-11-3-5-13(9-14(11)21)22-20-23-19(26)17(29-20)8-12-4-6-15(16(7-12)27-2)28-10-18(24)25/h3-9H,10H2,1-2H3,(H,24,25)(H,22,23,26). The summed E-state index contributed by atoms with van der Waals surface area (Å²) in [5.74, 6) is -0.678. The summed E-state index contributed by atoms with van der Waals surface area (Å²) in [7, 11) is 1.45. The van der Waals surface area contributed by atoms with Crippen molar-refractivity contribution in [1.82, 2.24) is 5.32 Å². The van der Waals surface area contributed by atoms with E-state index in [4.69, 9.17) is 26.2 Å². The van der Waals surface area contributed by atoms with Gasteiger partial charge in [0.05, 0.1) is 17.7 Å². The first-order valence-electron chi connectivity index (χ1n) is 8.44. The van der Waals surface area contributed by atoms with Gasteiger partial charge in [0.1, 0.15) is 0 Å². The molecule has 1 fully saturated rings. The van der Waals surface area contributed by atoms with E-state index in [1.54, 1.807) is 30.3 Å². The number of carboxylic acids is 1. The maximum atomic E-state index is 12.3. The number of nitrogens with zero attached hydrogens (tertiary/aromatic N) is 1. The minimum absolute atomic E-state index is 0.267. The molecular formula is C20H17ClN2O5S. The van der Waals surface area contributed by atoms with Crippen LogP contribution < -0.4 is 14.8 Å². The number of carboxylic acid groups (broad SMARTS) is 1. The molecule has 0 bridgehead atoms. The van der Waals surface area contributed by atoms with Gasteiger partial charge in [0.15, 0.2) is 23.3 Å². The van der Waals surface area contributed by atoms with Crippen LogP contribution in [-0.2, 0) is 9.59 Å². The van der Waals surface area contributed by atoms with E-state index in [9.17, 15) is 9.59 Å². The fourth-order valence-electron chi connectivity index (χ4n) is 2.43. The summed E-state index contributed by atoms with van der Waals surface area (Å²) in [6, 6.07) is 10.4. The van der Waals surface area contributed by atoms with Crippen LogP contribution in [0.4, 0.5) is 5.69 Å². The summed E-state index contributed by atoms with van der Waals surface area (Å²) in [4.78, 5) is 27.8. The molecule has 0 radical (unpaired) electrons. The van der Waals surface area contributed by atoms with Crippen LogP contribution >= 0.6 is 23.4 Å². The second-order valence-electron chi connectivity index (χ2n) is 6.01. The molecule has 2 N–H and O–H groups in total. The zero-order chi connectivity index (χ0) is 21.0. The van der Waals surface area contributed by atoms with Crippen molar-refractivity contribution in [3.05, 3.63) is 57.5 Å². The molecule has 0 saturated carbocycles. The van der Waals surface area contributed by atoms with Crippen LogP contribution in [0.1, 0.15) is 11.1 Å². The van der Waals surface area contributed by atoms with Gasteiger partial charge in [-0.1, -0.05) is 23.7 Å². The lowest BCUT2D eigenvalue weighted by molar-refractivity contribution is -0.139. The smallest absolute Gasteiger partial charge is 0.341 e. The topological polar surface area (TPSA) is 97.2 Å². The zero-order valence-corrected chi connectivity index (χ0v) is 17.1. The molecule has 9 heteroatoms. The molecule has 0 aliphatic carbocycles. The molecule has 0 atom stereocenters. The van der Waals surface area contributed by atoms with E-state index in [-0.39, 0.29) is 5.91 Å². The molecule has 3 rings (SSSR count).